The zero-order valence-corrected chi connectivity index (χ0v) is 18.6. The molecular weight excluding hydrogens is 440 g/mol. The fourth-order valence-corrected chi connectivity index (χ4v) is 4.03. The Balaban J connectivity index is 1.57. The van der Waals surface area contributed by atoms with Crippen LogP contribution >= 0.6 is 11.6 Å². The molecule has 32 heavy (non-hydrogen) atoms. The topological polar surface area (TPSA) is 94.6 Å². The average Bonchev–Trinajstić information content (AvgIpc) is 3.14. The quantitative estimate of drug-likeness (QED) is 0.723. The Hall–Kier alpha value is -2.78. The number of carbonyl (C=O) groups is 1. The number of carbonyl (C=O) groups excluding carboxylic acids is 1. The highest BCUT2D eigenvalue weighted by atomic mass is 35.5. The summed E-state index contributed by atoms with van der Waals surface area (Å²) >= 11 is 6.19. The van der Waals surface area contributed by atoms with E-state index < -0.39 is 18.1 Å². The molecule has 170 valence electrons. The normalized spacial score (nSPS) is 21.2. The molecule has 7 nitrogen and oxygen atoms in total. The maximum atomic E-state index is 14.2. The number of rotatable bonds is 4. The summed E-state index contributed by atoms with van der Waals surface area (Å²) in [6, 6.07) is 3.66. The fraction of sp³-hybridized carbons (Fsp3) is 0.409. The number of aromatic amines is 1. The smallest absolute Gasteiger partial charge is 0.328 e. The standard InChI is InChI=1S/C22H24ClF2N5O2/c1-11-20(23)12(2)29-21(28-11)15-9-30(10-17(15)26)22(31)14-4-3-13(24)7-19(14)32-18-5-6-27-8-16(18)25/h3-4,7,16,18,27H,5-6,8-10,26H2,1-2H3/p+1/t16-,18+/m1/s1. The molecule has 0 radical (unpaired) electrons. The molecule has 4 N–H and O–H groups in total. The van der Waals surface area contributed by atoms with E-state index in [2.05, 4.69) is 15.3 Å². The van der Waals surface area contributed by atoms with Gasteiger partial charge in [0.1, 0.15) is 34.6 Å². The van der Waals surface area contributed by atoms with Gasteiger partial charge in [0.25, 0.3) is 5.91 Å². The zero-order chi connectivity index (χ0) is 23.0. The van der Waals surface area contributed by atoms with Crippen LogP contribution in [0.1, 0.15) is 34.0 Å². The molecule has 1 saturated heterocycles. The Kier molecular flexibility index (Phi) is 6.30. The van der Waals surface area contributed by atoms with E-state index in [9.17, 15) is 13.6 Å². The van der Waals surface area contributed by atoms with Gasteiger partial charge in [0.2, 0.25) is 0 Å². The van der Waals surface area contributed by atoms with Crippen molar-refractivity contribution in [3.8, 4) is 5.75 Å². The molecule has 0 saturated carbocycles. The number of piperidine rings is 1. The molecule has 1 aromatic carbocycles. The van der Waals surface area contributed by atoms with Gasteiger partial charge in [0.05, 0.1) is 24.2 Å². The van der Waals surface area contributed by atoms with Gasteiger partial charge < -0.3 is 20.7 Å². The molecular formula is C22H25ClF2N5O2+. The number of aromatic nitrogens is 2. The van der Waals surface area contributed by atoms with Crippen LogP contribution in [0.2, 0.25) is 5.02 Å². The lowest BCUT2D eigenvalue weighted by Crippen LogP contribution is -2.44. The number of nitrogens with one attached hydrogen (secondary N) is 2. The van der Waals surface area contributed by atoms with Crippen LogP contribution in [-0.4, -0.2) is 54.2 Å². The first-order valence-electron chi connectivity index (χ1n) is 10.4. The van der Waals surface area contributed by atoms with Crippen LogP contribution in [0, 0.1) is 19.7 Å². The van der Waals surface area contributed by atoms with Gasteiger partial charge in [-0.15, -0.1) is 0 Å². The van der Waals surface area contributed by atoms with E-state index in [1.54, 1.807) is 6.92 Å². The van der Waals surface area contributed by atoms with E-state index in [0.717, 1.165) is 11.8 Å². The van der Waals surface area contributed by atoms with Crippen molar-refractivity contribution >= 4 is 23.1 Å². The summed E-state index contributed by atoms with van der Waals surface area (Å²) < 4.78 is 33.9. The SMILES string of the molecule is Cc1nc(C2=C(N)CN(C(=O)c3ccc(F)cc3O[C@H]3CCNC[C@H]3F)C2)[nH+]c(C)c1Cl. The van der Waals surface area contributed by atoms with Crippen molar-refractivity contribution in [1.29, 1.82) is 0 Å². The van der Waals surface area contributed by atoms with Crippen LogP contribution in [0.3, 0.4) is 0 Å². The summed E-state index contributed by atoms with van der Waals surface area (Å²) in [5, 5.41) is 3.48. The van der Waals surface area contributed by atoms with Crippen molar-refractivity contribution in [2.24, 2.45) is 5.73 Å². The average molecular weight is 465 g/mol. The third kappa shape index (κ3) is 4.40. The van der Waals surface area contributed by atoms with E-state index >= 15 is 0 Å². The maximum absolute atomic E-state index is 14.2. The van der Waals surface area contributed by atoms with Crippen molar-refractivity contribution < 1.29 is 23.3 Å². The van der Waals surface area contributed by atoms with Gasteiger partial charge in [-0.2, -0.15) is 0 Å². The number of ether oxygens (including phenoxy) is 1. The molecule has 2 aliphatic rings. The molecule has 0 unspecified atom stereocenters. The van der Waals surface area contributed by atoms with Gasteiger partial charge in [-0.3, -0.25) is 4.79 Å². The summed E-state index contributed by atoms with van der Waals surface area (Å²) in [5.74, 6) is -0.376. The molecule has 0 aliphatic carbocycles. The van der Waals surface area contributed by atoms with E-state index in [1.165, 1.54) is 17.0 Å². The van der Waals surface area contributed by atoms with E-state index in [0.29, 0.717) is 40.8 Å². The molecule has 10 heteroatoms. The van der Waals surface area contributed by atoms with Crippen molar-refractivity contribution in [2.75, 3.05) is 26.2 Å². The van der Waals surface area contributed by atoms with Crippen molar-refractivity contribution in [2.45, 2.75) is 32.5 Å². The van der Waals surface area contributed by atoms with Crippen molar-refractivity contribution in [3.05, 3.63) is 57.5 Å². The van der Waals surface area contributed by atoms with Crippen LogP contribution < -0.4 is 20.8 Å². The second-order valence-electron chi connectivity index (χ2n) is 8.08. The highest BCUT2D eigenvalue weighted by molar-refractivity contribution is 6.31. The molecule has 0 bridgehead atoms. The van der Waals surface area contributed by atoms with E-state index in [4.69, 9.17) is 22.1 Å². The van der Waals surface area contributed by atoms with Gasteiger partial charge in [-0.25, -0.2) is 13.8 Å². The molecule has 1 aromatic heterocycles. The molecule has 2 atom stereocenters. The third-order valence-electron chi connectivity index (χ3n) is 5.70. The lowest BCUT2D eigenvalue weighted by Gasteiger charge is -2.28. The van der Waals surface area contributed by atoms with E-state index in [1.807, 2.05) is 6.92 Å². The van der Waals surface area contributed by atoms with Gasteiger partial charge >= 0.3 is 5.82 Å². The van der Waals surface area contributed by atoms with Crippen LogP contribution in [0.5, 0.6) is 5.75 Å². The summed E-state index contributed by atoms with van der Waals surface area (Å²) in [6.07, 6.45) is -1.57. The van der Waals surface area contributed by atoms with Gasteiger partial charge in [-0.1, -0.05) is 11.6 Å². The molecule has 1 fully saturated rings. The van der Waals surface area contributed by atoms with Crippen LogP contribution in [0.15, 0.2) is 23.9 Å². The predicted molar refractivity (Wildman–Crippen MR) is 115 cm³/mol. The minimum atomic E-state index is -1.25. The molecule has 2 aromatic rings. The molecule has 2 aliphatic heterocycles. The van der Waals surface area contributed by atoms with Crippen LogP contribution in [0.4, 0.5) is 8.78 Å². The van der Waals surface area contributed by atoms with Crippen molar-refractivity contribution in [1.82, 2.24) is 15.2 Å². The number of alkyl halides is 1. The first kappa shape index (κ1) is 22.4. The third-order valence-corrected chi connectivity index (χ3v) is 6.26. The molecule has 0 spiro atoms. The second-order valence-corrected chi connectivity index (χ2v) is 8.46. The Bertz CT molecular complexity index is 1070. The van der Waals surface area contributed by atoms with Crippen LogP contribution in [0.25, 0.3) is 5.57 Å². The molecule has 1 amide bonds. The predicted octanol–water partition coefficient (Wildman–Crippen LogP) is 2.21. The lowest BCUT2D eigenvalue weighted by molar-refractivity contribution is -0.396. The number of halogens is 3. The first-order chi connectivity index (χ1) is 15.2. The Morgan fingerprint density at radius 1 is 1.38 bits per heavy atom. The number of benzene rings is 1. The van der Waals surface area contributed by atoms with E-state index in [-0.39, 0.29) is 36.9 Å². The van der Waals surface area contributed by atoms with Crippen LogP contribution in [-0.2, 0) is 0 Å². The van der Waals surface area contributed by atoms with Gasteiger partial charge in [0, 0.05) is 25.2 Å². The van der Waals surface area contributed by atoms with Gasteiger partial charge in [-0.05, 0) is 37.0 Å². The van der Waals surface area contributed by atoms with Gasteiger partial charge in [0.15, 0.2) is 5.69 Å². The number of hydrogen-bond acceptors (Lipinski definition) is 5. The number of nitrogens with two attached hydrogens (primary N) is 1. The maximum Gasteiger partial charge on any atom is 0.328 e. The molecule has 3 heterocycles. The largest absolute Gasteiger partial charge is 0.486 e. The number of aryl methyl sites for hydroxylation is 2. The monoisotopic (exact) mass is 464 g/mol. The summed E-state index contributed by atoms with van der Waals surface area (Å²) in [7, 11) is 0. The fourth-order valence-electron chi connectivity index (χ4n) is 3.94. The number of H-pyrrole nitrogens is 1. The second kappa shape index (κ2) is 8.99. The highest BCUT2D eigenvalue weighted by Gasteiger charge is 2.34. The minimum absolute atomic E-state index is 0.0273. The summed E-state index contributed by atoms with van der Waals surface area (Å²) in [5.41, 5.74) is 8.97. The summed E-state index contributed by atoms with van der Waals surface area (Å²) in [6.45, 7) is 4.76. The zero-order valence-electron chi connectivity index (χ0n) is 17.8. The first-order valence-corrected chi connectivity index (χ1v) is 10.8. The Morgan fingerprint density at radius 3 is 2.88 bits per heavy atom. The highest BCUT2D eigenvalue weighted by Crippen LogP contribution is 2.29. The minimum Gasteiger partial charge on any atom is -0.486 e. The van der Waals surface area contributed by atoms with Crippen molar-refractivity contribution in [3.63, 3.8) is 0 Å². The Morgan fingerprint density at radius 2 is 2.16 bits per heavy atom. The molecule has 4 rings (SSSR count). The number of hydrogen-bond donors (Lipinski definition) is 2. The Labute approximate surface area is 189 Å². The number of amides is 1. The lowest BCUT2D eigenvalue weighted by atomic mass is 10.1. The summed E-state index contributed by atoms with van der Waals surface area (Å²) in [4.78, 5) is 22.4. The number of nitrogens with zero attached hydrogens (tertiary/aromatic N) is 2.